The van der Waals surface area contributed by atoms with Crippen LogP contribution in [0.4, 0.5) is 8.78 Å². The Labute approximate surface area is 147 Å². The highest BCUT2D eigenvalue weighted by molar-refractivity contribution is 7.87. The van der Waals surface area contributed by atoms with Gasteiger partial charge in [0.25, 0.3) is 0 Å². The Morgan fingerprint density at radius 3 is 2.73 bits per heavy atom. The number of fused-ring (bicyclic) bond motifs is 1. The van der Waals surface area contributed by atoms with Crippen LogP contribution in [0.3, 0.4) is 0 Å². The number of ether oxygens (including phenoxy) is 2. The largest absolute Gasteiger partial charge is 0.491 e. The van der Waals surface area contributed by atoms with Gasteiger partial charge in [0.15, 0.2) is 0 Å². The highest BCUT2D eigenvalue weighted by Gasteiger charge is 2.52. The summed E-state index contributed by atoms with van der Waals surface area (Å²) in [6.07, 6.45) is 0.0721. The summed E-state index contributed by atoms with van der Waals surface area (Å²) in [7, 11) is -5.84. The second kappa shape index (κ2) is 6.78. The Kier molecular flexibility index (Phi) is 4.82. The van der Waals surface area contributed by atoms with E-state index in [1.165, 1.54) is 0 Å². The number of epoxide rings is 1. The number of halogens is 2. The van der Waals surface area contributed by atoms with E-state index in [0.717, 1.165) is 5.39 Å². The van der Waals surface area contributed by atoms with Crippen LogP contribution in [0, 0.1) is 0 Å². The summed E-state index contributed by atoms with van der Waals surface area (Å²) in [5.41, 5.74) is 0.482. The second-order valence-electron chi connectivity index (χ2n) is 5.74. The molecule has 0 saturated carbocycles. The average Bonchev–Trinajstić information content (AvgIpc) is 3.41. The third-order valence-corrected chi connectivity index (χ3v) is 4.64. The standard InChI is InChI=1S/C16H15F2NO6S/c17-16(18,26(21,22)23)15(20)19-7-11-3-1-2-10-4-5-12(6-14(10)11)24-8-13-9-25-13/h1-6,13H,7-9H2,(H,19,20)(H,21,22,23). The Morgan fingerprint density at radius 1 is 1.35 bits per heavy atom. The molecule has 2 aromatic rings. The Morgan fingerprint density at radius 2 is 2.08 bits per heavy atom. The molecule has 0 radical (unpaired) electrons. The lowest BCUT2D eigenvalue weighted by molar-refractivity contribution is -0.136. The van der Waals surface area contributed by atoms with E-state index in [1.807, 2.05) is 5.32 Å². The van der Waals surface area contributed by atoms with Crippen LogP contribution < -0.4 is 10.1 Å². The van der Waals surface area contributed by atoms with Crippen molar-refractivity contribution >= 4 is 26.8 Å². The minimum absolute atomic E-state index is 0.0721. The van der Waals surface area contributed by atoms with Crippen LogP contribution in [0.2, 0.25) is 0 Å². The molecule has 0 aliphatic carbocycles. The van der Waals surface area contributed by atoms with Gasteiger partial charge in [-0.25, -0.2) is 0 Å². The fourth-order valence-electron chi connectivity index (χ4n) is 2.31. The van der Waals surface area contributed by atoms with Crippen molar-refractivity contribution in [1.29, 1.82) is 0 Å². The number of nitrogens with one attached hydrogen (secondary N) is 1. The Bertz CT molecular complexity index is 943. The summed E-state index contributed by atoms with van der Waals surface area (Å²) >= 11 is 0. The fraction of sp³-hybridized carbons (Fsp3) is 0.312. The second-order valence-corrected chi connectivity index (χ2v) is 7.20. The highest BCUT2D eigenvalue weighted by atomic mass is 32.2. The number of rotatable bonds is 7. The number of carbonyl (C=O) groups is 1. The van der Waals surface area contributed by atoms with Gasteiger partial charge in [-0.15, -0.1) is 0 Å². The molecule has 0 aromatic heterocycles. The molecule has 0 spiro atoms. The van der Waals surface area contributed by atoms with Gasteiger partial charge in [-0.1, -0.05) is 24.3 Å². The highest BCUT2D eigenvalue weighted by Crippen LogP contribution is 2.26. The lowest BCUT2D eigenvalue weighted by Gasteiger charge is -2.14. The first-order chi connectivity index (χ1) is 12.2. The van der Waals surface area contributed by atoms with Crippen LogP contribution in [-0.2, 0) is 26.2 Å². The number of hydrogen-bond donors (Lipinski definition) is 2. The van der Waals surface area contributed by atoms with Gasteiger partial charge in [0.2, 0.25) is 0 Å². The number of alkyl halides is 2. The summed E-state index contributed by atoms with van der Waals surface area (Å²) in [6.45, 7) is 0.689. The monoisotopic (exact) mass is 387 g/mol. The van der Waals surface area contributed by atoms with Gasteiger partial charge >= 0.3 is 21.3 Å². The predicted molar refractivity (Wildman–Crippen MR) is 87.5 cm³/mol. The van der Waals surface area contributed by atoms with Crippen molar-refractivity contribution in [1.82, 2.24) is 5.32 Å². The van der Waals surface area contributed by atoms with Crippen molar-refractivity contribution in [3.63, 3.8) is 0 Å². The lowest BCUT2D eigenvalue weighted by Crippen LogP contribution is -2.45. The molecule has 1 saturated heterocycles. The quantitative estimate of drug-likeness (QED) is 0.554. The molecule has 0 bridgehead atoms. The molecule has 1 atom stereocenters. The SMILES string of the molecule is O=C(NCc1cccc2ccc(OCC3CO3)cc12)C(F)(F)S(=O)(=O)O. The van der Waals surface area contributed by atoms with Gasteiger partial charge in [0.05, 0.1) is 6.61 Å². The van der Waals surface area contributed by atoms with Crippen LogP contribution in [0.1, 0.15) is 5.56 Å². The molecule has 140 valence electrons. The molecule has 1 aliphatic heterocycles. The first-order valence-corrected chi connectivity index (χ1v) is 9.02. The van der Waals surface area contributed by atoms with Crippen LogP contribution in [0.25, 0.3) is 10.8 Å². The third-order valence-electron chi connectivity index (χ3n) is 3.81. The van der Waals surface area contributed by atoms with Gasteiger partial charge < -0.3 is 14.8 Å². The molecule has 3 rings (SSSR count). The molecule has 2 N–H and O–H groups in total. The molecule has 26 heavy (non-hydrogen) atoms. The number of amides is 1. The molecule has 1 amide bonds. The van der Waals surface area contributed by atoms with Crippen LogP contribution in [0.15, 0.2) is 36.4 Å². The zero-order chi connectivity index (χ0) is 18.9. The molecule has 1 heterocycles. The van der Waals surface area contributed by atoms with E-state index in [0.29, 0.717) is 29.9 Å². The van der Waals surface area contributed by atoms with Gasteiger partial charge in [-0.05, 0) is 28.5 Å². The molecule has 10 heteroatoms. The normalized spacial score (nSPS) is 17.1. The van der Waals surface area contributed by atoms with Gasteiger partial charge in [0, 0.05) is 6.54 Å². The lowest BCUT2D eigenvalue weighted by atomic mass is 10.0. The van der Waals surface area contributed by atoms with E-state index in [1.54, 1.807) is 36.4 Å². The smallest absolute Gasteiger partial charge is 0.446 e. The van der Waals surface area contributed by atoms with Gasteiger partial charge in [-0.3, -0.25) is 9.35 Å². The summed E-state index contributed by atoms with van der Waals surface area (Å²) in [5.74, 6) is -1.55. The molecule has 1 aliphatic rings. The average molecular weight is 387 g/mol. The molecule has 2 aromatic carbocycles. The predicted octanol–water partition coefficient (Wildman–Crippen LogP) is 1.71. The topological polar surface area (TPSA) is 105 Å². The van der Waals surface area contributed by atoms with E-state index in [-0.39, 0.29) is 12.6 Å². The Balaban J connectivity index is 1.78. The number of carbonyl (C=O) groups excluding carboxylic acids is 1. The molecular formula is C16H15F2NO6S. The summed E-state index contributed by atoms with van der Waals surface area (Å²) in [4.78, 5) is 11.4. The maximum atomic E-state index is 13.3. The van der Waals surface area contributed by atoms with Crippen LogP contribution in [0.5, 0.6) is 5.75 Å². The number of hydrogen-bond acceptors (Lipinski definition) is 5. The maximum absolute atomic E-state index is 13.3. The van der Waals surface area contributed by atoms with E-state index >= 15 is 0 Å². The fourth-order valence-corrected chi connectivity index (χ4v) is 2.62. The minimum atomic E-state index is -5.84. The van der Waals surface area contributed by atoms with E-state index in [4.69, 9.17) is 14.0 Å². The molecule has 1 unspecified atom stereocenters. The summed E-state index contributed by atoms with van der Waals surface area (Å²) in [6, 6.07) is 10.3. The molecule has 7 nitrogen and oxygen atoms in total. The number of benzene rings is 2. The molecular weight excluding hydrogens is 372 g/mol. The van der Waals surface area contributed by atoms with Crippen molar-refractivity contribution in [2.45, 2.75) is 17.9 Å². The van der Waals surface area contributed by atoms with Gasteiger partial charge in [0.1, 0.15) is 18.5 Å². The van der Waals surface area contributed by atoms with Crippen molar-refractivity contribution < 1.29 is 36.0 Å². The summed E-state index contributed by atoms with van der Waals surface area (Å²) in [5, 5.41) is -1.66. The molecule has 1 fully saturated rings. The van der Waals surface area contributed by atoms with Crippen LogP contribution >= 0.6 is 0 Å². The van der Waals surface area contributed by atoms with Crippen molar-refractivity contribution in [2.75, 3.05) is 13.2 Å². The van der Waals surface area contributed by atoms with Crippen molar-refractivity contribution in [3.05, 3.63) is 42.0 Å². The first kappa shape index (κ1) is 18.5. The van der Waals surface area contributed by atoms with E-state index in [2.05, 4.69) is 0 Å². The van der Waals surface area contributed by atoms with E-state index in [9.17, 15) is 22.0 Å². The van der Waals surface area contributed by atoms with Crippen molar-refractivity contribution in [3.8, 4) is 5.75 Å². The van der Waals surface area contributed by atoms with Crippen LogP contribution in [-0.4, -0.2) is 43.5 Å². The van der Waals surface area contributed by atoms with E-state index < -0.39 is 21.3 Å². The minimum Gasteiger partial charge on any atom is -0.491 e. The zero-order valence-corrected chi connectivity index (χ0v) is 14.1. The Hall–Kier alpha value is -2.30. The third kappa shape index (κ3) is 3.92. The summed E-state index contributed by atoms with van der Waals surface area (Å²) < 4.78 is 66.9. The maximum Gasteiger partial charge on any atom is 0.446 e. The van der Waals surface area contributed by atoms with Gasteiger partial charge in [-0.2, -0.15) is 17.2 Å². The zero-order valence-electron chi connectivity index (χ0n) is 13.3. The van der Waals surface area contributed by atoms with Crippen molar-refractivity contribution in [2.24, 2.45) is 0 Å². The first-order valence-electron chi connectivity index (χ1n) is 7.57.